The fourth-order valence-electron chi connectivity index (χ4n) is 0.811. The SMILES string of the molecule is C[C@@](O)(CO)[C@@H](O)[C@H](O)[C@@H](O)CN. The minimum absolute atomic E-state index is 0.236. The molecule has 6 nitrogen and oxygen atoms in total. The number of hydrogen-bond acceptors (Lipinski definition) is 6. The molecule has 0 heterocycles. The lowest BCUT2D eigenvalue weighted by Gasteiger charge is -2.32. The average molecular weight is 195 g/mol. The minimum atomic E-state index is -1.85. The average Bonchev–Trinajstić information content (AvgIpc) is 2.14. The van der Waals surface area contributed by atoms with Crippen LogP contribution in [0.25, 0.3) is 0 Å². The van der Waals surface area contributed by atoms with Crippen LogP contribution in [-0.4, -0.2) is 62.6 Å². The summed E-state index contributed by atoms with van der Waals surface area (Å²) in [6.07, 6.45) is -4.55. The Labute approximate surface area is 76.2 Å². The third kappa shape index (κ3) is 3.18. The monoisotopic (exact) mass is 195 g/mol. The summed E-state index contributed by atoms with van der Waals surface area (Å²) in [5, 5.41) is 45.4. The van der Waals surface area contributed by atoms with E-state index in [0.29, 0.717) is 0 Å². The Morgan fingerprint density at radius 1 is 1.31 bits per heavy atom. The first-order valence-electron chi connectivity index (χ1n) is 3.94. The van der Waals surface area contributed by atoms with Gasteiger partial charge in [0.05, 0.1) is 12.7 Å². The predicted octanol–water partition coefficient (Wildman–Crippen LogP) is -3.23. The first-order chi connectivity index (χ1) is 5.86. The van der Waals surface area contributed by atoms with Gasteiger partial charge in [0, 0.05) is 6.54 Å². The second-order valence-corrected chi connectivity index (χ2v) is 3.25. The molecule has 0 unspecified atom stereocenters. The molecule has 7 N–H and O–H groups in total. The molecule has 13 heavy (non-hydrogen) atoms. The van der Waals surface area contributed by atoms with Crippen molar-refractivity contribution < 1.29 is 25.5 Å². The molecule has 0 aliphatic heterocycles. The highest BCUT2D eigenvalue weighted by Crippen LogP contribution is 2.14. The lowest BCUT2D eigenvalue weighted by Crippen LogP contribution is -2.54. The van der Waals surface area contributed by atoms with Crippen LogP contribution in [0.2, 0.25) is 0 Å². The Morgan fingerprint density at radius 2 is 1.77 bits per heavy atom. The maximum atomic E-state index is 9.29. The number of aliphatic hydroxyl groups is 5. The van der Waals surface area contributed by atoms with E-state index in [1.807, 2.05) is 0 Å². The lowest BCUT2D eigenvalue weighted by atomic mass is 9.93. The van der Waals surface area contributed by atoms with Gasteiger partial charge in [0.2, 0.25) is 0 Å². The molecule has 0 bridgehead atoms. The fourth-order valence-corrected chi connectivity index (χ4v) is 0.811. The van der Waals surface area contributed by atoms with E-state index in [9.17, 15) is 15.3 Å². The molecule has 6 heteroatoms. The highest BCUT2D eigenvalue weighted by atomic mass is 16.4. The molecule has 80 valence electrons. The van der Waals surface area contributed by atoms with E-state index >= 15 is 0 Å². The van der Waals surface area contributed by atoms with Gasteiger partial charge >= 0.3 is 0 Å². The van der Waals surface area contributed by atoms with Crippen LogP contribution in [0, 0.1) is 0 Å². The van der Waals surface area contributed by atoms with Crippen molar-refractivity contribution >= 4 is 0 Å². The molecule has 0 amide bonds. The van der Waals surface area contributed by atoms with Crippen LogP contribution in [0.3, 0.4) is 0 Å². The van der Waals surface area contributed by atoms with Gasteiger partial charge in [-0.1, -0.05) is 0 Å². The number of hydrogen-bond donors (Lipinski definition) is 6. The normalized spacial score (nSPS) is 23.3. The first-order valence-corrected chi connectivity index (χ1v) is 3.94. The van der Waals surface area contributed by atoms with Crippen molar-refractivity contribution in [3.8, 4) is 0 Å². The topological polar surface area (TPSA) is 127 Å². The summed E-state index contributed by atoms with van der Waals surface area (Å²) in [5.41, 5.74) is 3.18. The molecule has 0 fully saturated rings. The Bertz CT molecular complexity index is 152. The Balaban J connectivity index is 4.32. The second-order valence-electron chi connectivity index (χ2n) is 3.25. The van der Waals surface area contributed by atoms with Gasteiger partial charge in [-0.2, -0.15) is 0 Å². The predicted molar refractivity (Wildman–Crippen MR) is 44.8 cm³/mol. The Morgan fingerprint density at radius 3 is 2.08 bits per heavy atom. The van der Waals surface area contributed by atoms with E-state index in [1.165, 1.54) is 0 Å². The smallest absolute Gasteiger partial charge is 0.113 e. The lowest BCUT2D eigenvalue weighted by molar-refractivity contribution is -0.158. The largest absolute Gasteiger partial charge is 0.393 e. The van der Waals surface area contributed by atoms with Crippen LogP contribution in [0.15, 0.2) is 0 Å². The van der Waals surface area contributed by atoms with Crippen LogP contribution >= 0.6 is 0 Å². The number of rotatable bonds is 5. The van der Waals surface area contributed by atoms with Crippen molar-refractivity contribution in [2.75, 3.05) is 13.2 Å². The maximum Gasteiger partial charge on any atom is 0.113 e. The van der Waals surface area contributed by atoms with Crippen LogP contribution in [0.5, 0.6) is 0 Å². The van der Waals surface area contributed by atoms with Crippen LogP contribution < -0.4 is 5.73 Å². The molecule has 0 aromatic heterocycles. The highest BCUT2D eigenvalue weighted by Gasteiger charge is 2.37. The Kier molecular flexibility index (Phi) is 4.76. The maximum absolute atomic E-state index is 9.29. The summed E-state index contributed by atoms with van der Waals surface area (Å²) in [6, 6.07) is 0. The molecule has 4 atom stereocenters. The zero-order valence-corrected chi connectivity index (χ0v) is 7.46. The van der Waals surface area contributed by atoms with E-state index in [2.05, 4.69) is 0 Å². The summed E-state index contributed by atoms with van der Waals surface area (Å²) in [7, 11) is 0. The van der Waals surface area contributed by atoms with Crippen LogP contribution in [0.4, 0.5) is 0 Å². The van der Waals surface area contributed by atoms with Gasteiger partial charge in [0.1, 0.15) is 17.8 Å². The second kappa shape index (κ2) is 4.85. The standard InChI is InChI=1S/C7H17NO5/c1-7(13,3-9)6(12)5(11)4(10)2-8/h4-6,9-13H,2-3,8H2,1H3/t4-,5+,6-,7+/m0/s1. The fraction of sp³-hybridized carbons (Fsp3) is 1.00. The molecule has 0 radical (unpaired) electrons. The van der Waals surface area contributed by atoms with Gasteiger partial charge in [-0.05, 0) is 6.92 Å². The molecular weight excluding hydrogens is 178 g/mol. The van der Waals surface area contributed by atoms with Crippen LogP contribution in [-0.2, 0) is 0 Å². The van der Waals surface area contributed by atoms with Gasteiger partial charge in [-0.15, -0.1) is 0 Å². The van der Waals surface area contributed by atoms with E-state index in [0.717, 1.165) is 6.92 Å². The molecule has 0 aromatic rings. The van der Waals surface area contributed by atoms with Crippen LogP contribution in [0.1, 0.15) is 6.92 Å². The molecule has 0 saturated carbocycles. The van der Waals surface area contributed by atoms with Gasteiger partial charge in [-0.25, -0.2) is 0 Å². The molecule has 0 aliphatic rings. The first kappa shape index (κ1) is 12.8. The van der Waals surface area contributed by atoms with Crippen molar-refractivity contribution in [1.29, 1.82) is 0 Å². The molecule has 0 aliphatic carbocycles. The van der Waals surface area contributed by atoms with Crippen molar-refractivity contribution in [3.63, 3.8) is 0 Å². The zero-order valence-electron chi connectivity index (χ0n) is 7.46. The molecule has 0 rings (SSSR count). The van der Waals surface area contributed by atoms with Gasteiger partial charge in [0.15, 0.2) is 0 Å². The summed E-state index contributed by atoms with van der Waals surface area (Å²) >= 11 is 0. The molecule has 0 aromatic carbocycles. The third-order valence-electron chi connectivity index (χ3n) is 1.92. The quantitative estimate of drug-likeness (QED) is 0.274. The summed E-state index contributed by atoms with van der Waals surface area (Å²) in [6.45, 7) is 0.187. The van der Waals surface area contributed by atoms with E-state index in [4.69, 9.17) is 15.9 Å². The molecule has 0 spiro atoms. The molecule has 0 saturated heterocycles. The molecular formula is C7H17NO5. The van der Waals surface area contributed by atoms with Crippen molar-refractivity contribution in [2.24, 2.45) is 5.73 Å². The number of nitrogens with two attached hydrogens (primary N) is 1. The Hall–Kier alpha value is -0.240. The van der Waals surface area contributed by atoms with Crippen molar-refractivity contribution in [1.82, 2.24) is 0 Å². The highest BCUT2D eigenvalue weighted by molar-refractivity contribution is 4.89. The van der Waals surface area contributed by atoms with Crippen molar-refractivity contribution in [3.05, 3.63) is 0 Å². The van der Waals surface area contributed by atoms with Gasteiger partial charge in [0.25, 0.3) is 0 Å². The summed E-state index contributed by atoms with van der Waals surface area (Å²) in [5.74, 6) is 0. The minimum Gasteiger partial charge on any atom is -0.393 e. The van der Waals surface area contributed by atoms with Gasteiger partial charge in [-0.3, -0.25) is 0 Å². The summed E-state index contributed by atoms with van der Waals surface area (Å²) in [4.78, 5) is 0. The van der Waals surface area contributed by atoms with E-state index < -0.39 is 30.5 Å². The van der Waals surface area contributed by atoms with E-state index in [-0.39, 0.29) is 6.54 Å². The summed E-state index contributed by atoms with van der Waals surface area (Å²) < 4.78 is 0. The van der Waals surface area contributed by atoms with Crippen molar-refractivity contribution in [2.45, 2.75) is 30.8 Å². The zero-order chi connectivity index (χ0) is 10.6. The van der Waals surface area contributed by atoms with E-state index in [1.54, 1.807) is 0 Å². The third-order valence-corrected chi connectivity index (χ3v) is 1.92. The number of aliphatic hydroxyl groups excluding tert-OH is 4. The van der Waals surface area contributed by atoms with Gasteiger partial charge < -0.3 is 31.3 Å².